The Labute approximate surface area is 123 Å². The van der Waals surface area contributed by atoms with Gasteiger partial charge in [0.05, 0.1) is 11.1 Å². The number of carbonyl (C=O) groups is 2. The van der Waals surface area contributed by atoms with Crippen molar-refractivity contribution in [3.63, 3.8) is 0 Å². The van der Waals surface area contributed by atoms with Crippen LogP contribution >= 0.6 is 0 Å². The summed E-state index contributed by atoms with van der Waals surface area (Å²) in [4.78, 5) is 22.8. The Morgan fingerprint density at radius 2 is 1.33 bits per heavy atom. The van der Waals surface area contributed by atoms with Crippen LogP contribution in [-0.2, 0) is 11.6 Å². The van der Waals surface area contributed by atoms with Crippen molar-refractivity contribution in [3.8, 4) is 5.75 Å². The SMILES string of the molecule is O=C(O)c1ccccc1C(=O)Oc1ccccc1.O=S=O. The number of carbonyl (C=O) groups excluding carboxylic acids is 1. The molecule has 0 fully saturated rings. The van der Waals surface area contributed by atoms with Crippen LogP contribution < -0.4 is 4.74 Å². The highest BCUT2D eigenvalue weighted by Crippen LogP contribution is 2.14. The Hall–Kier alpha value is -2.80. The van der Waals surface area contributed by atoms with E-state index in [0.717, 1.165) is 0 Å². The summed E-state index contributed by atoms with van der Waals surface area (Å²) in [7, 11) is 0. The van der Waals surface area contributed by atoms with E-state index in [2.05, 4.69) is 0 Å². The molecule has 0 heterocycles. The average Bonchev–Trinajstić information content (AvgIpc) is 2.49. The minimum absolute atomic E-state index is 0.0360. The summed E-state index contributed by atoms with van der Waals surface area (Å²) in [6.45, 7) is 0. The molecule has 2 aromatic carbocycles. The zero-order chi connectivity index (χ0) is 15.7. The monoisotopic (exact) mass is 306 g/mol. The van der Waals surface area contributed by atoms with Crippen molar-refractivity contribution in [1.82, 2.24) is 0 Å². The van der Waals surface area contributed by atoms with Crippen LogP contribution in [0.3, 0.4) is 0 Å². The first kappa shape index (κ1) is 16.3. The highest BCUT2D eigenvalue weighted by molar-refractivity contribution is 7.51. The summed E-state index contributed by atoms with van der Waals surface area (Å²) in [6, 6.07) is 14.4. The number of hydrogen-bond donors (Lipinski definition) is 1. The lowest BCUT2D eigenvalue weighted by Gasteiger charge is -2.06. The van der Waals surface area contributed by atoms with Crippen LogP contribution in [0.15, 0.2) is 54.6 Å². The van der Waals surface area contributed by atoms with Crippen LogP contribution in [0.25, 0.3) is 0 Å². The molecular weight excluding hydrogens is 296 g/mol. The number of esters is 1. The molecule has 21 heavy (non-hydrogen) atoms. The molecule has 0 spiro atoms. The third-order valence-corrected chi connectivity index (χ3v) is 2.33. The van der Waals surface area contributed by atoms with Crippen molar-refractivity contribution in [3.05, 3.63) is 65.7 Å². The van der Waals surface area contributed by atoms with Crippen LogP contribution in [0.4, 0.5) is 0 Å². The first-order chi connectivity index (χ1) is 10.1. The lowest BCUT2D eigenvalue weighted by atomic mass is 10.1. The molecule has 0 unspecified atom stereocenters. The fourth-order valence-corrected chi connectivity index (χ4v) is 1.50. The zero-order valence-corrected chi connectivity index (χ0v) is 11.4. The van der Waals surface area contributed by atoms with Crippen LogP contribution in [0.1, 0.15) is 20.7 Å². The molecular formula is C14H10O6S. The largest absolute Gasteiger partial charge is 0.478 e. The van der Waals surface area contributed by atoms with E-state index in [-0.39, 0.29) is 11.1 Å². The summed E-state index contributed by atoms with van der Waals surface area (Å²) in [6.07, 6.45) is 0. The van der Waals surface area contributed by atoms with Gasteiger partial charge < -0.3 is 9.84 Å². The summed E-state index contributed by atoms with van der Waals surface area (Å²) in [5.41, 5.74) is -0.0349. The summed E-state index contributed by atoms with van der Waals surface area (Å²) in [5, 5.41) is 8.97. The van der Waals surface area contributed by atoms with Crippen LogP contribution in [0.5, 0.6) is 5.75 Å². The van der Waals surface area contributed by atoms with Gasteiger partial charge in [0.25, 0.3) is 0 Å². The van der Waals surface area contributed by atoms with E-state index in [0.29, 0.717) is 5.75 Å². The third kappa shape index (κ3) is 5.00. The summed E-state index contributed by atoms with van der Waals surface area (Å²) in [5.74, 6) is -1.46. The van der Waals surface area contributed by atoms with Gasteiger partial charge >= 0.3 is 23.5 Å². The van der Waals surface area contributed by atoms with Crippen LogP contribution in [0, 0.1) is 0 Å². The molecule has 7 heteroatoms. The number of para-hydroxylation sites is 1. The first-order valence-corrected chi connectivity index (χ1v) is 6.28. The number of benzene rings is 2. The maximum atomic E-state index is 11.9. The molecule has 0 aliphatic carbocycles. The van der Waals surface area contributed by atoms with Gasteiger partial charge in [-0.05, 0) is 24.3 Å². The molecule has 0 aliphatic heterocycles. The Kier molecular flexibility index (Phi) is 6.49. The zero-order valence-electron chi connectivity index (χ0n) is 10.6. The fraction of sp³-hybridized carbons (Fsp3) is 0. The summed E-state index contributed by atoms with van der Waals surface area (Å²) >= 11 is -0.750. The first-order valence-electron chi connectivity index (χ1n) is 5.61. The topological polar surface area (TPSA) is 97.7 Å². The highest BCUT2D eigenvalue weighted by Gasteiger charge is 2.17. The minimum Gasteiger partial charge on any atom is -0.478 e. The second-order valence-corrected chi connectivity index (χ2v) is 3.76. The minimum atomic E-state index is -1.16. The van der Waals surface area contributed by atoms with E-state index in [9.17, 15) is 9.59 Å². The highest BCUT2D eigenvalue weighted by atomic mass is 32.1. The Morgan fingerprint density at radius 1 is 0.857 bits per heavy atom. The predicted octanol–water partition coefficient (Wildman–Crippen LogP) is 1.93. The Balaban J connectivity index is 0.000000677. The second kappa shape index (κ2) is 8.39. The second-order valence-electron chi connectivity index (χ2n) is 3.62. The van der Waals surface area contributed by atoms with Crippen molar-refractivity contribution in [2.24, 2.45) is 0 Å². The molecule has 0 amide bonds. The van der Waals surface area contributed by atoms with Crippen molar-refractivity contribution in [2.75, 3.05) is 0 Å². The van der Waals surface area contributed by atoms with Gasteiger partial charge in [-0.1, -0.05) is 30.3 Å². The Bertz CT molecular complexity index is 662. The maximum absolute atomic E-state index is 11.9. The van der Waals surface area contributed by atoms with Crippen molar-refractivity contribution >= 4 is 23.5 Å². The molecule has 0 atom stereocenters. The van der Waals surface area contributed by atoms with E-state index in [1.807, 2.05) is 0 Å². The molecule has 1 N–H and O–H groups in total. The van der Waals surface area contributed by atoms with Gasteiger partial charge in [0.1, 0.15) is 5.75 Å². The van der Waals surface area contributed by atoms with Crippen LogP contribution in [-0.4, -0.2) is 25.5 Å². The maximum Gasteiger partial charge on any atom is 0.344 e. The van der Waals surface area contributed by atoms with E-state index in [4.69, 9.17) is 18.3 Å². The van der Waals surface area contributed by atoms with E-state index < -0.39 is 23.5 Å². The van der Waals surface area contributed by atoms with Gasteiger partial charge in [-0.3, -0.25) is 0 Å². The van der Waals surface area contributed by atoms with Crippen molar-refractivity contribution in [1.29, 1.82) is 0 Å². The predicted molar refractivity (Wildman–Crippen MR) is 73.7 cm³/mol. The molecule has 0 saturated heterocycles. The number of carboxylic acid groups (broad SMARTS) is 1. The van der Waals surface area contributed by atoms with Crippen LogP contribution in [0.2, 0.25) is 0 Å². The number of rotatable bonds is 3. The summed E-state index contributed by atoms with van der Waals surface area (Å²) < 4.78 is 21.7. The van der Waals surface area contributed by atoms with Gasteiger partial charge in [-0.25, -0.2) is 9.59 Å². The molecule has 6 nitrogen and oxygen atoms in total. The van der Waals surface area contributed by atoms with E-state index >= 15 is 0 Å². The number of carboxylic acids is 1. The standard InChI is InChI=1S/C14H10O4.O2S/c15-13(16)11-8-4-5-9-12(11)14(17)18-10-6-2-1-3-7-10;1-3-2/h1-9H,(H,15,16);. The molecule has 0 aliphatic rings. The Morgan fingerprint density at radius 3 is 1.86 bits per heavy atom. The third-order valence-electron chi connectivity index (χ3n) is 2.33. The van der Waals surface area contributed by atoms with E-state index in [1.54, 1.807) is 42.5 Å². The normalized spacial score (nSPS) is 8.95. The number of aromatic carboxylic acids is 1. The van der Waals surface area contributed by atoms with Gasteiger partial charge in [-0.2, -0.15) is 8.42 Å². The molecule has 2 rings (SSSR count). The van der Waals surface area contributed by atoms with Crippen molar-refractivity contribution in [2.45, 2.75) is 0 Å². The van der Waals surface area contributed by atoms with Crippen molar-refractivity contribution < 1.29 is 27.9 Å². The molecule has 0 saturated carbocycles. The van der Waals surface area contributed by atoms with E-state index in [1.165, 1.54) is 12.1 Å². The average molecular weight is 306 g/mol. The smallest absolute Gasteiger partial charge is 0.344 e. The number of hydrogen-bond acceptors (Lipinski definition) is 5. The molecule has 0 radical (unpaired) electrons. The van der Waals surface area contributed by atoms with Gasteiger partial charge in [0.15, 0.2) is 0 Å². The van der Waals surface area contributed by atoms with Gasteiger partial charge in [0, 0.05) is 0 Å². The van der Waals surface area contributed by atoms with Gasteiger partial charge in [-0.15, -0.1) is 0 Å². The number of ether oxygens (including phenoxy) is 1. The molecule has 0 aromatic heterocycles. The molecule has 108 valence electrons. The lowest BCUT2D eigenvalue weighted by Crippen LogP contribution is -2.13. The fourth-order valence-electron chi connectivity index (χ4n) is 1.50. The lowest BCUT2D eigenvalue weighted by molar-refractivity contribution is 0.0668. The molecule has 0 bridgehead atoms. The molecule has 2 aromatic rings. The quantitative estimate of drug-likeness (QED) is 0.687. The van der Waals surface area contributed by atoms with Gasteiger partial charge in [0.2, 0.25) is 0 Å².